The van der Waals surface area contributed by atoms with Crippen molar-refractivity contribution >= 4 is 5.78 Å². The highest BCUT2D eigenvalue weighted by atomic mass is 16.1. The third-order valence-electron chi connectivity index (χ3n) is 4.74. The first-order valence-electron chi connectivity index (χ1n) is 8.63. The molecular weight excluding hydrogens is 282 g/mol. The number of Topliss-reactive ketones (excluding diaryl/α,β-unsaturated/α-hetero) is 1. The van der Waals surface area contributed by atoms with Crippen LogP contribution < -0.4 is 0 Å². The van der Waals surface area contributed by atoms with Crippen LogP contribution in [0, 0.1) is 6.92 Å². The molecule has 2 heteroatoms. The van der Waals surface area contributed by atoms with E-state index in [0.29, 0.717) is 0 Å². The zero-order valence-electron chi connectivity index (χ0n) is 13.9. The molecule has 2 aromatic rings. The van der Waals surface area contributed by atoms with E-state index in [1.165, 1.54) is 30.4 Å². The number of carbonyl (C=O) groups is 1. The van der Waals surface area contributed by atoms with Gasteiger partial charge in [-0.25, -0.2) is 0 Å². The number of rotatable bonds is 5. The summed E-state index contributed by atoms with van der Waals surface area (Å²) in [6.07, 6.45) is 4.49. The second-order valence-corrected chi connectivity index (χ2v) is 6.53. The standard InChI is InChI=1S/C21H25NO/c1-17-10-12-19(13-11-17)21(23)20(22-14-6-3-7-15-22)16-18-8-4-2-5-9-18/h2,4-5,8-13,20H,3,6-7,14-16H2,1H3/t20-/m1/s1. The number of likely N-dealkylation sites (tertiary alicyclic amines) is 1. The summed E-state index contributed by atoms with van der Waals surface area (Å²) in [5, 5.41) is 0. The molecule has 1 aliphatic heterocycles. The molecule has 0 unspecified atom stereocenters. The van der Waals surface area contributed by atoms with Crippen molar-refractivity contribution < 1.29 is 4.79 Å². The van der Waals surface area contributed by atoms with Gasteiger partial charge in [0.05, 0.1) is 6.04 Å². The molecular formula is C21H25NO. The van der Waals surface area contributed by atoms with Crippen LogP contribution in [-0.2, 0) is 6.42 Å². The monoisotopic (exact) mass is 307 g/mol. The van der Waals surface area contributed by atoms with Gasteiger partial charge in [0.2, 0.25) is 0 Å². The molecule has 3 rings (SSSR count). The van der Waals surface area contributed by atoms with Crippen molar-refractivity contribution in [1.29, 1.82) is 0 Å². The molecule has 2 nitrogen and oxygen atoms in total. The Labute approximate surface area is 139 Å². The number of aryl methyl sites for hydroxylation is 1. The van der Waals surface area contributed by atoms with Crippen LogP contribution in [0.4, 0.5) is 0 Å². The molecule has 2 aromatic carbocycles. The average molecular weight is 307 g/mol. The van der Waals surface area contributed by atoms with E-state index in [2.05, 4.69) is 36.1 Å². The summed E-state index contributed by atoms with van der Waals surface area (Å²) in [5.74, 6) is 0.260. The zero-order chi connectivity index (χ0) is 16.1. The second kappa shape index (κ2) is 7.56. The fraction of sp³-hybridized carbons (Fsp3) is 0.381. The lowest BCUT2D eigenvalue weighted by Gasteiger charge is -2.34. The van der Waals surface area contributed by atoms with Crippen LogP contribution in [0.5, 0.6) is 0 Å². The summed E-state index contributed by atoms with van der Waals surface area (Å²) in [5.41, 5.74) is 3.27. The maximum atomic E-state index is 13.1. The molecule has 1 aliphatic rings. The van der Waals surface area contributed by atoms with Crippen LogP contribution >= 0.6 is 0 Å². The summed E-state index contributed by atoms with van der Waals surface area (Å²) in [6.45, 7) is 4.13. The Balaban J connectivity index is 1.84. The van der Waals surface area contributed by atoms with Crippen molar-refractivity contribution in [1.82, 2.24) is 4.90 Å². The predicted molar refractivity (Wildman–Crippen MR) is 94.9 cm³/mol. The molecule has 0 spiro atoms. The number of hydrogen-bond donors (Lipinski definition) is 0. The molecule has 0 aromatic heterocycles. The Morgan fingerprint density at radius 3 is 2.26 bits per heavy atom. The molecule has 0 saturated carbocycles. The molecule has 23 heavy (non-hydrogen) atoms. The molecule has 1 fully saturated rings. The fourth-order valence-electron chi connectivity index (χ4n) is 3.37. The molecule has 1 atom stereocenters. The third-order valence-corrected chi connectivity index (χ3v) is 4.74. The van der Waals surface area contributed by atoms with E-state index in [0.717, 1.165) is 25.1 Å². The summed E-state index contributed by atoms with van der Waals surface area (Å²) in [4.78, 5) is 15.5. The SMILES string of the molecule is Cc1ccc(C(=O)[C@@H](Cc2ccccc2)N2CCCCC2)cc1. The third kappa shape index (κ3) is 4.08. The lowest BCUT2D eigenvalue weighted by molar-refractivity contribution is 0.0783. The topological polar surface area (TPSA) is 20.3 Å². The van der Waals surface area contributed by atoms with Crippen LogP contribution in [0.1, 0.15) is 40.7 Å². The molecule has 0 bridgehead atoms. The number of carbonyl (C=O) groups excluding carboxylic acids is 1. The Morgan fingerprint density at radius 1 is 0.957 bits per heavy atom. The highest BCUT2D eigenvalue weighted by Gasteiger charge is 2.28. The van der Waals surface area contributed by atoms with Gasteiger partial charge in [-0.15, -0.1) is 0 Å². The van der Waals surface area contributed by atoms with Crippen LogP contribution in [0.2, 0.25) is 0 Å². The smallest absolute Gasteiger partial charge is 0.180 e. The number of benzene rings is 2. The first-order chi connectivity index (χ1) is 11.2. The zero-order valence-corrected chi connectivity index (χ0v) is 13.9. The van der Waals surface area contributed by atoms with Crippen LogP contribution in [0.25, 0.3) is 0 Å². The number of nitrogens with zero attached hydrogens (tertiary/aromatic N) is 1. The summed E-state index contributed by atoms with van der Waals surface area (Å²) in [6, 6.07) is 18.4. The maximum Gasteiger partial charge on any atom is 0.180 e. The Kier molecular flexibility index (Phi) is 5.24. The van der Waals surface area contributed by atoms with Gasteiger partial charge >= 0.3 is 0 Å². The molecule has 1 heterocycles. The Bertz CT molecular complexity index is 627. The minimum absolute atomic E-state index is 0.0413. The van der Waals surface area contributed by atoms with Crippen molar-refractivity contribution in [2.24, 2.45) is 0 Å². The highest BCUT2D eigenvalue weighted by molar-refractivity contribution is 6.00. The first-order valence-corrected chi connectivity index (χ1v) is 8.63. The summed E-state index contributed by atoms with van der Waals surface area (Å²) < 4.78 is 0. The number of ketones is 1. The van der Waals surface area contributed by atoms with E-state index >= 15 is 0 Å². The predicted octanol–water partition coefficient (Wildman–Crippen LogP) is 4.27. The highest BCUT2D eigenvalue weighted by Crippen LogP contribution is 2.19. The van der Waals surface area contributed by atoms with Crippen molar-refractivity contribution in [3.05, 3.63) is 71.3 Å². The largest absolute Gasteiger partial charge is 0.293 e. The van der Waals surface area contributed by atoms with Gasteiger partial charge in [-0.1, -0.05) is 66.6 Å². The molecule has 0 aliphatic carbocycles. The van der Waals surface area contributed by atoms with Gasteiger partial charge in [0.1, 0.15) is 0 Å². The van der Waals surface area contributed by atoms with E-state index < -0.39 is 0 Å². The Hall–Kier alpha value is -1.93. The maximum absolute atomic E-state index is 13.1. The van der Waals surface area contributed by atoms with Gasteiger partial charge in [0.25, 0.3) is 0 Å². The molecule has 0 N–H and O–H groups in total. The van der Waals surface area contributed by atoms with E-state index in [4.69, 9.17) is 0 Å². The lowest BCUT2D eigenvalue weighted by Crippen LogP contribution is -2.45. The van der Waals surface area contributed by atoms with Crippen LogP contribution in [0.3, 0.4) is 0 Å². The van der Waals surface area contributed by atoms with Crippen molar-refractivity contribution in [3.8, 4) is 0 Å². The van der Waals surface area contributed by atoms with Gasteiger partial charge in [-0.05, 0) is 44.8 Å². The minimum atomic E-state index is -0.0413. The number of piperidine rings is 1. The normalized spacial score (nSPS) is 16.9. The van der Waals surface area contributed by atoms with E-state index in [1.54, 1.807) is 0 Å². The van der Waals surface area contributed by atoms with Gasteiger partial charge in [0, 0.05) is 5.56 Å². The molecule has 0 radical (unpaired) electrons. The fourth-order valence-corrected chi connectivity index (χ4v) is 3.37. The van der Waals surface area contributed by atoms with Crippen molar-refractivity contribution in [3.63, 3.8) is 0 Å². The second-order valence-electron chi connectivity index (χ2n) is 6.53. The van der Waals surface area contributed by atoms with E-state index in [-0.39, 0.29) is 11.8 Å². The van der Waals surface area contributed by atoms with Gasteiger partial charge in [-0.2, -0.15) is 0 Å². The Morgan fingerprint density at radius 2 is 1.61 bits per heavy atom. The quantitative estimate of drug-likeness (QED) is 0.769. The van der Waals surface area contributed by atoms with Crippen molar-refractivity contribution in [2.75, 3.05) is 13.1 Å². The first kappa shape index (κ1) is 15.9. The van der Waals surface area contributed by atoms with Crippen molar-refractivity contribution in [2.45, 2.75) is 38.6 Å². The van der Waals surface area contributed by atoms with Gasteiger partial charge < -0.3 is 0 Å². The molecule has 1 saturated heterocycles. The van der Waals surface area contributed by atoms with Gasteiger partial charge in [-0.3, -0.25) is 9.69 Å². The number of hydrogen-bond acceptors (Lipinski definition) is 2. The molecule has 120 valence electrons. The summed E-state index contributed by atoms with van der Waals surface area (Å²) in [7, 11) is 0. The van der Waals surface area contributed by atoms with Crippen LogP contribution in [-0.4, -0.2) is 29.8 Å². The average Bonchev–Trinajstić information content (AvgIpc) is 2.61. The lowest BCUT2D eigenvalue weighted by atomic mass is 9.94. The van der Waals surface area contributed by atoms with E-state index in [9.17, 15) is 4.79 Å². The minimum Gasteiger partial charge on any atom is -0.293 e. The molecule has 0 amide bonds. The summed E-state index contributed by atoms with van der Waals surface area (Å²) >= 11 is 0. The van der Waals surface area contributed by atoms with Gasteiger partial charge in [0.15, 0.2) is 5.78 Å². The van der Waals surface area contributed by atoms with Crippen LogP contribution in [0.15, 0.2) is 54.6 Å². The van der Waals surface area contributed by atoms with E-state index in [1.807, 2.05) is 30.3 Å².